The van der Waals surface area contributed by atoms with Gasteiger partial charge in [-0.3, -0.25) is 4.79 Å². The predicted octanol–water partition coefficient (Wildman–Crippen LogP) is 1.19. The molecule has 1 saturated heterocycles. The average Bonchev–Trinajstić information content (AvgIpc) is 3.20. The van der Waals surface area contributed by atoms with Crippen molar-refractivity contribution in [3.8, 4) is 0 Å². The number of hydrogen-bond acceptors (Lipinski definition) is 3. The average molecular weight is 261 g/mol. The second kappa shape index (κ2) is 4.94. The van der Waals surface area contributed by atoms with E-state index < -0.39 is 5.60 Å². The second-order valence-corrected chi connectivity index (χ2v) is 5.61. The fourth-order valence-corrected chi connectivity index (χ4v) is 2.59. The Hall–Kier alpha value is -1.39. The summed E-state index contributed by atoms with van der Waals surface area (Å²) in [5, 5.41) is 10.1. The van der Waals surface area contributed by atoms with Gasteiger partial charge in [-0.25, -0.2) is 0 Å². The lowest BCUT2D eigenvalue weighted by molar-refractivity contribution is -0.163. The number of amides is 1. The molecule has 0 unspecified atom stereocenters. The van der Waals surface area contributed by atoms with Crippen molar-refractivity contribution < 1.29 is 14.6 Å². The van der Waals surface area contributed by atoms with Crippen LogP contribution in [0.15, 0.2) is 30.3 Å². The number of nitrogens with zero attached hydrogens (tertiary/aromatic N) is 1. The zero-order valence-corrected chi connectivity index (χ0v) is 10.9. The lowest BCUT2D eigenvalue weighted by Gasteiger charge is -2.46. The molecule has 1 N–H and O–H groups in total. The maximum atomic E-state index is 11.8. The third-order valence-electron chi connectivity index (χ3n) is 3.96. The Balaban J connectivity index is 1.38. The first kappa shape index (κ1) is 12.6. The Morgan fingerprint density at radius 1 is 1.32 bits per heavy atom. The minimum atomic E-state index is -0.602. The van der Waals surface area contributed by atoms with Crippen molar-refractivity contribution in [2.75, 3.05) is 19.7 Å². The van der Waals surface area contributed by atoms with Gasteiger partial charge in [0.1, 0.15) is 12.2 Å². The van der Waals surface area contributed by atoms with Crippen LogP contribution in [0.25, 0.3) is 0 Å². The minimum absolute atomic E-state index is 0.0266. The van der Waals surface area contributed by atoms with Gasteiger partial charge in [-0.2, -0.15) is 0 Å². The highest BCUT2D eigenvalue weighted by Gasteiger charge is 2.53. The molecule has 1 aromatic carbocycles. The van der Waals surface area contributed by atoms with Crippen LogP contribution >= 0.6 is 0 Å². The fourth-order valence-electron chi connectivity index (χ4n) is 2.59. The monoisotopic (exact) mass is 261 g/mol. The topological polar surface area (TPSA) is 49.8 Å². The molecule has 102 valence electrons. The van der Waals surface area contributed by atoms with E-state index >= 15 is 0 Å². The Morgan fingerprint density at radius 3 is 2.63 bits per heavy atom. The highest BCUT2D eigenvalue weighted by Crippen LogP contribution is 2.44. The Bertz CT molecular complexity index is 450. The largest absolute Gasteiger partial charge is 0.386 e. The van der Waals surface area contributed by atoms with Gasteiger partial charge < -0.3 is 14.7 Å². The van der Waals surface area contributed by atoms with Gasteiger partial charge in [-0.15, -0.1) is 0 Å². The molecule has 3 rings (SSSR count). The van der Waals surface area contributed by atoms with Crippen LogP contribution in [0.1, 0.15) is 18.4 Å². The van der Waals surface area contributed by atoms with Gasteiger partial charge in [0.05, 0.1) is 19.7 Å². The SMILES string of the molecule is O=C(COCc1ccccc1)N1CC(O)(C2CC2)C1. The molecule has 1 saturated carbocycles. The molecule has 1 aliphatic heterocycles. The number of aliphatic hydroxyl groups is 1. The molecule has 2 aliphatic rings. The van der Waals surface area contributed by atoms with E-state index in [1.807, 2.05) is 30.3 Å². The number of hydrogen-bond donors (Lipinski definition) is 1. The van der Waals surface area contributed by atoms with Crippen LogP contribution in [0.4, 0.5) is 0 Å². The van der Waals surface area contributed by atoms with Crippen LogP contribution < -0.4 is 0 Å². The first-order chi connectivity index (χ1) is 9.17. The first-order valence-corrected chi connectivity index (χ1v) is 6.79. The number of likely N-dealkylation sites (tertiary alicyclic amines) is 1. The Kier molecular flexibility index (Phi) is 3.29. The maximum Gasteiger partial charge on any atom is 0.248 e. The van der Waals surface area contributed by atoms with Gasteiger partial charge in [0.15, 0.2) is 0 Å². The van der Waals surface area contributed by atoms with Crippen molar-refractivity contribution in [3.05, 3.63) is 35.9 Å². The summed E-state index contributed by atoms with van der Waals surface area (Å²) in [6.07, 6.45) is 2.20. The molecule has 2 fully saturated rings. The molecule has 4 heteroatoms. The molecule has 0 spiro atoms. The highest BCUT2D eigenvalue weighted by atomic mass is 16.5. The van der Waals surface area contributed by atoms with Crippen LogP contribution in [0, 0.1) is 5.92 Å². The zero-order valence-electron chi connectivity index (χ0n) is 10.9. The third-order valence-corrected chi connectivity index (χ3v) is 3.96. The Labute approximate surface area is 113 Å². The number of ether oxygens (including phenoxy) is 1. The van der Waals surface area contributed by atoms with Gasteiger partial charge in [0.2, 0.25) is 5.91 Å². The van der Waals surface area contributed by atoms with Crippen molar-refractivity contribution in [1.82, 2.24) is 4.90 Å². The number of β-amino-alcohol motifs (C(OH)–C–C–N with tert-alkyl or cyclic N) is 1. The number of carbonyl (C=O) groups excluding carboxylic acids is 1. The maximum absolute atomic E-state index is 11.8. The number of carbonyl (C=O) groups is 1. The van der Waals surface area contributed by atoms with Gasteiger partial charge in [-0.05, 0) is 24.3 Å². The van der Waals surface area contributed by atoms with E-state index in [1.165, 1.54) is 0 Å². The van der Waals surface area contributed by atoms with E-state index in [0.717, 1.165) is 18.4 Å². The number of rotatable bonds is 5. The van der Waals surface area contributed by atoms with E-state index in [-0.39, 0.29) is 12.5 Å². The normalized spacial score (nSPS) is 21.0. The Morgan fingerprint density at radius 2 is 2.00 bits per heavy atom. The summed E-state index contributed by atoms with van der Waals surface area (Å²) >= 11 is 0. The summed E-state index contributed by atoms with van der Waals surface area (Å²) in [6.45, 7) is 1.50. The van der Waals surface area contributed by atoms with Crippen molar-refractivity contribution in [3.63, 3.8) is 0 Å². The van der Waals surface area contributed by atoms with E-state index in [4.69, 9.17) is 4.74 Å². The van der Waals surface area contributed by atoms with Crippen molar-refractivity contribution in [2.45, 2.75) is 25.0 Å². The molecular formula is C15H19NO3. The lowest BCUT2D eigenvalue weighted by atomic mass is 9.89. The van der Waals surface area contributed by atoms with Crippen LogP contribution in [0.5, 0.6) is 0 Å². The summed E-state index contributed by atoms with van der Waals surface area (Å²) in [6, 6.07) is 9.80. The lowest BCUT2D eigenvalue weighted by Crippen LogP contribution is -2.65. The molecular weight excluding hydrogens is 242 g/mol. The van der Waals surface area contributed by atoms with Crippen molar-refractivity contribution >= 4 is 5.91 Å². The second-order valence-electron chi connectivity index (χ2n) is 5.61. The fraction of sp³-hybridized carbons (Fsp3) is 0.533. The molecule has 0 aromatic heterocycles. The van der Waals surface area contributed by atoms with Crippen LogP contribution in [-0.4, -0.2) is 41.2 Å². The number of benzene rings is 1. The summed E-state index contributed by atoms with van der Waals surface area (Å²) in [4.78, 5) is 13.5. The van der Waals surface area contributed by atoms with Gasteiger partial charge in [0, 0.05) is 0 Å². The van der Waals surface area contributed by atoms with Crippen molar-refractivity contribution in [1.29, 1.82) is 0 Å². The standard InChI is InChI=1S/C15H19NO3/c17-14(9-19-8-12-4-2-1-3-5-12)16-10-15(18,11-16)13-6-7-13/h1-5,13,18H,6-11H2. The molecule has 1 amide bonds. The smallest absolute Gasteiger partial charge is 0.248 e. The molecule has 1 aliphatic carbocycles. The molecule has 0 bridgehead atoms. The summed E-state index contributed by atoms with van der Waals surface area (Å²) in [5.74, 6) is 0.392. The van der Waals surface area contributed by atoms with Gasteiger partial charge in [-0.1, -0.05) is 30.3 Å². The summed E-state index contributed by atoms with van der Waals surface area (Å²) in [5.41, 5.74) is 0.461. The molecule has 1 heterocycles. The van der Waals surface area contributed by atoms with Gasteiger partial charge >= 0.3 is 0 Å². The van der Waals surface area contributed by atoms with Crippen LogP contribution in [-0.2, 0) is 16.1 Å². The van der Waals surface area contributed by atoms with Gasteiger partial charge in [0.25, 0.3) is 0 Å². The van der Waals surface area contributed by atoms with Crippen LogP contribution in [0.2, 0.25) is 0 Å². The highest BCUT2D eigenvalue weighted by molar-refractivity contribution is 5.78. The first-order valence-electron chi connectivity index (χ1n) is 6.79. The molecule has 0 radical (unpaired) electrons. The zero-order chi connectivity index (χ0) is 13.3. The molecule has 4 nitrogen and oxygen atoms in total. The summed E-state index contributed by atoms with van der Waals surface area (Å²) in [7, 11) is 0. The van der Waals surface area contributed by atoms with Crippen molar-refractivity contribution in [2.24, 2.45) is 5.92 Å². The molecule has 19 heavy (non-hydrogen) atoms. The van der Waals surface area contributed by atoms with E-state index in [2.05, 4.69) is 0 Å². The third kappa shape index (κ3) is 2.80. The van der Waals surface area contributed by atoms with E-state index in [9.17, 15) is 9.90 Å². The minimum Gasteiger partial charge on any atom is -0.386 e. The van der Waals surface area contributed by atoms with E-state index in [0.29, 0.717) is 25.6 Å². The summed E-state index contributed by atoms with van der Waals surface area (Å²) < 4.78 is 5.41. The van der Waals surface area contributed by atoms with E-state index in [1.54, 1.807) is 4.90 Å². The molecule has 0 atom stereocenters. The quantitative estimate of drug-likeness (QED) is 0.866. The predicted molar refractivity (Wildman–Crippen MR) is 70.4 cm³/mol. The molecule has 1 aromatic rings. The van der Waals surface area contributed by atoms with Crippen LogP contribution in [0.3, 0.4) is 0 Å².